The van der Waals surface area contributed by atoms with Crippen molar-refractivity contribution in [3.63, 3.8) is 0 Å². The molecule has 5 heteroatoms. The smallest absolute Gasteiger partial charge is 0.230 e. The Morgan fingerprint density at radius 2 is 1.84 bits per heavy atom. The first-order valence-corrected chi connectivity index (χ1v) is 9.58. The number of nitrogens with zero attached hydrogens (tertiary/aromatic N) is 2. The van der Waals surface area contributed by atoms with E-state index in [9.17, 15) is 14.3 Å². The highest BCUT2D eigenvalue weighted by molar-refractivity contribution is 5.86. The number of halogens is 1. The number of benzene rings is 1. The predicted molar refractivity (Wildman–Crippen MR) is 94.9 cm³/mol. The Hall–Kier alpha value is -1.62. The lowest BCUT2D eigenvalue weighted by Gasteiger charge is -2.41. The third kappa shape index (κ3) is 3.03. The van der Waals surface area contributed by atoms with E-state index in [4.69, 9.17) is 0 Å². The minimum atomic E-state index is -0.351. The molecule has 1 atom stereocenters. The van der Waals surface area contributed by atoms with E-state index in [-0.39, 0.29) is 29.3 Å². The summed E-state index contributed by atoms with van der Waals surface area (Å²) in [6, 6.07) is 7.15. The van der Waals surface area contributed by atoms with Gasteiger partial charge in [-0.1, -0.05) is 12.1 Å². The molecule has 136 valence electrons. The van der Waals surface area contributed by atoms with Crippen molar-refractivity contribution in [2.45, 2.75) is 57.1 Å². The van der Waals surface area contributed by atoms with Crippen LogP contribution in [-0.2, 0) is 4.79 Å². The van der Waals surface area contributed by atoms with Crippen LogP contribution >= 0.6 is 0 Å². The molecule has 3 aliphatic rings. The molecule has 2 aliphatic heterocycles. The third-order valence-electron chi connectivity index (χ3n) is 6.42. The Bertz CT molecular complexity index is 644. The number of carbonyl (C=O) groups excluding carboxylic acids is 1. The van der Waals surface area contributed by atoms with E-state index < -0.39 is 0 Å². The maximum atomic E-state index is 14.2. The maximum absolute atomic E-state index is 14.2. The van der Waals surface area contributed by atoms with Gasteiger partial charge in [0, 0.05) is 25.7 Å². The summed E-state index contributed by atoms with van der Waals surface area (Å²) in [4.78, 5) is 17.4. The monoisotopic (exact) mass is 346 g/mol. The van der Waals surface area contributed by atoms with Crippen LogP contribution in [0.5, 0.6) is 0 Å². The van der Waals surface area contributed by atoms with Crippen LogP contribution in [0, 0.1) is 11.2 Å². The van der Waals surface area contributed by atoms with Crippen molar-refractivity contribution >= 4 is 11.6 Å². The van der Waals surface area contributed by atoms with Crippen molar-refractivity contribution in [2.24, 2.45) is 5.41 Å². The van der Waals surface area contributed by atoms with Gasteiger partial charge in [-0.3, -0.25) is 4.79 Å². The minimum absolute atomic E-state index is 0.200. The van der Waals surface area contributed by atoms with Crippen molar-refractivity contribution in [2.75, 3.05) is 24.5 Å². The van der Waals surface area contributed by atoms with Gasteiger partial charge >= 0.3 is 0 Å². The van der Waals surface area contributed by atoms with Gasteiger partial charge in [-0.15, -0.1) is 0 Å². The molecule has 0 unspecified atom stereocenters. The summed E-state index contributed by atoms with van der Waals surface area (Å²) in [6.45, 7) is 2.24. The van der Waals surface area contributed by atoms with Gasteiger partial charge in [0.15, 0.2) is 0 Å². The standard InChI is InChI=1S/C20H27FN2O2/c21-17-4-1-2-5-18(17)22-12-3-10-20(14-22)11-13-23(19(20)25)15-6-8-16(24)9-7-15/h1-2,4-5,15-16,24H,3,6-14H2/t15-,16-,20-/m1/s1. The predicted octanol–water partition coefficient (Wildman–Crippen LogP) is 2.95. The molecule has 2 saturated heterocycles. The number of para-hydroxylation sites is 1. The molecule has 3 fully saturated rings. The summed E-state index contributed by atoms with van der Waals surface area (Å²) in [6.07, 6.45) is 5.90. The summed E-state index contributed by atoms with van der Waals surface area (Å²) in [5, 5.41) is 9.72. The zero-order valence-electron chi connectivity index (χ0n) is 14.7. The van der Waals surface area contributed by atoms with Gasteiger partial charge in [0.2, 0.25) is 5.91 Å². The number of rotatable bonds is 2. The van der Waals surface area contributed by atoms with E-state index in [1.165, 1.54) is 6.07 Å². The lowest BCUT2D eigenvalue weighted by molar-refractivity contribution is -0.139. The number of hydrogen-bond donors (Lipinski definition) is 1. The second-order valence-electron chi connectivity index (χ2n) is 7.97. The van der Waals surface area contributed by atoms with Gasteiger partial charge in [0.05, 0.1) is 17.2 Å². The summed E-state index contributed by atoms with van der Waals surface area (Å²) >= 11 is 0. The van der Waals surface area contributed by atoms with E-state index >= 15 is 0 Å². The zero-order valence-corrected chi connectivity index (χ0v) is 14.7. The molecule has 1 N–H and O–H groups in total. The Balaban J connectivity index is 1.50. The molecule has 1 amide bonds. The normalized spacial score (nSPS) is 33.3. The summed E-state index contributed by atoms with van der Waals surface area (Å²) in [5.41, 5.74) is 0.268. The van der Waals surface area contributed by atoms with Gasteiger partial charge in [-0.05, 0) is 57.1 Å². The van der Waals surface area contributed by atoms with Crippen LogP contribution in [0.2, 0.25) is 0 Å². The Morgan fingerprint density at radius 1 is 1.08 bits per heavy atom. The molecule has 4 rings (SSSR count). The van der Waals surface area contributed by atoms with Gasteiger partial charge < -0.3 is 14.9 Å². The average molecular weight is 346 g/mol. The number of likely N-dealkylation sites (tertiary alicyclic amines) is 1. The first-order chi connectivity index (χ1) is 12.1. The Morgan fingerprint density at radius 3 is 2.60 bits per heavy atom. The second-order valence-corrected chi connectivity index (χ2v) is 7.97. The summed E-state index contributed by atoms with van der Waals surface area (Å²) in [7, 11) is 0. The lowest BCUT2D eigenvalue weighted by atomic mass is 9.78. The van der Waals surface area contributed by atoms with Gasteiger partial charge in [0.1, 0.15) is 5.82 Å². The van der Waals surface area contributed by atoms with Crippen LogP contribution in [0.25, 0.3) is 0 Å². The molecule has 1 aliphatic carbocycles. The molecule has 2 heterocycles. The highest BCUT2D eigenvalue weighted by Crippen LogP contribution is 2.43. The third-order valence-corrected chi connectivity index (χ3v) is 6.42. The second kappa shape index (κ2) is 6.60. The number of anilines is 1. The van der Waals surface area contributed by atoms with Crippen LogP contribution in [0.4, 0.5) is 10.1 Å². The Kier molecular flexibility index (Phi) is 4.44. The van der Waals surface area contributed by atoms with Crippen molar-refractivity contribution in [1.29, 1.82) is 0 Å². The highest BCUT2D eigenvalue weighted by Gasteiger charge is 2.50. The SMILES string of the molecule is O=C1N([C@H]2CC[C@H](O)CC2)CC[C@@]12CCCN(c1ccccc1F)C2. The van der Waals surface area contributed by atoms with Gasteiger partial charge in [-0.2, -0.15) is 0 Å². The number of carbonyl (C=O) groups is 1. The van der Waals surface area contributed by atoms with Crippen molar-refractivity contribution in [3.05, 3.63) is 30.1 Å². The van der Waals surface area contributed by atoms with E-state index in [2.05, 4.69) is 9.80 Å². The number of aliphatic hydroxyl groups is 1. The number of hydrogen-bond acceptors (Lipinski definition) is 3. The van der Waals surface area contributed by atoms with Crippen molar-refractivity contribution in [1.82, 2.24) is 4.90 Å². The first kappa shape index (κ1) is 16.8. The van der Waals surface area contributed by atoms with E-state index in [1.807, 2.05) is 12.1 Å². The molecule has 25 heavy (non-hydrogen) atoms. The quantitative estimate of drug-likeness (QED) is 0.895. The van der Waals surface area contributed by atoms with E-state index in [1.54, 1.807) is 6.07 Å². The van der Waals surface area contributed by atoms with Crippen LogP contribution in [-0.4, -0.2) is 47.7 Å². The molecular weight excluding hydrogens is 319 g/mol. The first-order valence-electron chi connectivity index (χ1n) is 9.58. The minimum Gasteiger partial charge on any atom is -0.393 e. The zero-order chi connectivity index (χ0) is 17.4. The Labute approximate surface area is 148 Å². The van der Waals surface area contributed by atoms with Crippen molar-refractivity contribution < 1.29 is 14.3 Å². The highest BCUT2D eigenvalue weighted by atomic mass is 19.1. The molecule has 4 nitrogen and oxygen atoms in total. The lowest BCUT2D eigenvalue weighted by Crippen LogP contribution is -2.50. The largest absolute Gasteiger partial charge is 0.393 e. The van der Waals surface area contributed by atoms with E-state index in [0.717, 1.165) is 58.0 Å². The topological polar surface area (TPSA) is 43.8 Å². The van der Waals surface area contributed by atoms with Crippen LogP contribution < -0.4 is 4.90 Å². The number of piperidine rings is 1. The molecule has 1 aromatic rings. The fourth-order valence-electron chi connectivity index (χ4n) is 4.99. The number of aliphatic hydroxyl groups excluding tert-OH is 1. The molecule has 0 radical (unpaired) electrons. The summed E-state index contributed by atoms with van der Waals surface area (Å²) in [5.74, 6) is 0.0537. The van der Waals surface area contributed by atoms with Gasteiger partial charge in [-0.25, -0.2) is 4.39 Å². The fourth-order valence-corrected chi connectivity index (χ4v) is 4.99. The molecule has 1 spiro atoms. The van der Waals surface area contributed by atoms with Crippen LogP contribution in [0.15, 0.2) is 24.3 Å². The number of amides is 1. The van der Waals surface area contributed by atoms with Gasteiger partial charge in [0.25, 0.3) is 0 Å². The van der Waals surface area contributed by atoms with E-state index in [0.29, 0.717) is 12.2 Å². The van der Waals surface area contributed by atoms with Crippen LogP contribution in [0.3, 0.4) is 0 Å². The van der Waals surface area contributed by atoms with Crippen molar-refractivity contribution in [3.8, 4) is 0 Å². The van der Waals surface area contributed by atoms with Crippen LogP contribution in [0.1, 0.15) is 44.9 Å². The molecule has 1 aromatic carbocycles. The molecular formula is C20H27FN2O2. The summed E-state index contributed by atoms with van der Waals surface area (Å²) < 4.78 is 14.2. The average Bonchev–Trinajstić information content (AvgIpc) is 2.92. The molecule has 0 bridgehead atoms. The maximum Gasteiger partial charge on any atom is 0.230 e. The molecule has 1 saturated carbocycles. The fraction of sp³-hybridized carbons (Fsp3) is 0.650. The molecule has 0 aromatic heterocycles.